The zero-order chi connectivity index (χ0) is 25.6. The summed E-state index contributed by atoms with van der Waals surface area (Å²) in [6.07, 6.45) is 1.44. The van der Waals surface area contributed by atoms with Gasteiger partial charge in [-0.1, -0.05) is 0 Å². The van der Waals surface area contributed by atoms with E-state index in [1.807, 2.05) is 20.8 Å². The minimum absolute atomic E-state index is 0.0498. The zero-order valence-corrected chi connectivity index (χ0v) is 20.1. The smallest absolute Gasteiger partial charge is 0.410 e. The number of aromatic amines is 1. The molecule has 10 heteroatoms. The van der Waals surface area contributed by atoms with Crippen molar-refractivity contribution in [1.82, 2.24) is 19.5 Å². The number of aromatic nitrogens is 3. The first-order valence-electron chi connectivity index (χ1n) is 11.5. The van der Waals surface area contributed by atoms with Crippen molar-refractivity contribution in [2.75, 3.05) is 13.1 Å². The third kappa shape index (κ3) is 4.49. The molecule has 2 aromatic heterocycles. The third-order valence-electron chi connectivity index (χ3n) is 5.87. The van der Waals surface area contributed by atoms with Gasteiger partial charge in [0.2, 0.25) is 0 Å². The van der Waals surface area contributed by atoms with E-state index < -0.39 is 11.5 Å². The van der Waals surface area contributed by atoms with E-state index in [0.29, 0.717) is 41.5 Å². The van der Waals surface area contributed by atoms with Crippen LogP contribution in [0.15, 0.2) is 54.7 Å². The van der Waals surface area contributed by atoms with Gasteiger partial charge in [0.1, 0.15) is 28.6 Å². The molecule has 1 saturated heterocycles. The van der Waals surface area contributed by atoms with Gasteiger partial charge in [-0.05, 0) is 69.3 Å². The molecule has 3 heterocycles. The Hall–Kier alpha value is -4.34. The van der Waals surface area contributed by atoms with Crippen LogP contribution in [0.5, 0.6) is 11.5 Å². The van der Waals surface area contributed by atoms with Crippen molar-refractivity contribution in [3.63, 3.8) is 0 Å². The van der Waals surface area contributed by atoms with Crippen LogP contribution in [0.1, 0.15) is 42.7 Å². The van der Waals surface area contributed by atoms with Gasteiger partial charge >= 0.3 is 6.09 Å². The second-order valence-corrected chi connectivity index (χ2v) is 9.72. The van der Waals surface area contributed by atoms with Crippen molar-refractivity contribution in [3.8, 4) is 22.8 Å². The number of carbonyl (C=O) groups excluding carboxylic acids is 2. The third-order valence-corrected chi connectivity index (χ3v) is 5.87. The van der Waals surface area contributed by atoms with Crippen molar-refractivity contribution in [1.29, 1.82) is 0 Å². The summed E-state index contributed by atoms with van der Waals surface area (Å²) >= 11 is 0. The van der Waals surface area contributed by atoms with E-state index >= 15 is 0 Å². The van der Waals surface area contributed by atoms with Crippen LogP contribution < -0.4 is 10.5 Å². The van der Waals surface area contributed by atoms with Gasteiger partial charge in [0.05, 0.1) is 0 Å². The van der Waals surface area contributed by atoms with Crippen molar-refractivity contribution in [2.24, 2.45) is 5.73 Å². The zero-order valence-electron chi connectivity index (χ0n) is 20.1. The normalized spacial score (nSPS) is 14.1. The number of fused-ring (bicyclic) bond motifs is 1. The summed E-state index contributed by atoms with van der Waals surface area (Å²) < 4.78 is 25.9. The molecule has 0 atom stereocenters. The Balaban J connectivity index is 1.38. The molecule has 4 aromatic rings. The topological polar surface area (TPSA) is 115 Å². The number of nitrogens with zero attached hydrogens (tertiary/aromatic N) is 3. The largest absolute Gasteiger partial charge is 0.457 e. The van der Waals surface area contributed by atoms with Crippen LogP contribution in [-0.2, 0) is 4.74 Å². The minimum Gasteiger partial charge on any atom is -0.457 e. The van der Waals surface area contributed by atoms with Crippen molar-refractivity contribution >= 4 is 17.6 Å². The summed E-state index contributed by atoms with van der Waals surface area (Å²) in [6.45, 7) is 6.47. The van der Waals surface area contributed by atoms with Crippen molar-refractivity contribution in [3.05, 3.63) is 71.8 Å². The first-order valence-corrected chi connectivity index (χ1v) is 11.5. The van der Waals surface area contributed by atoms with E-state index in [1.165, 1.54) is 24.3 Å². The van der Waals surface area contributed by atoms with Crippen molar-refractivity contribution < 1.29 is 23.5 Å². The number of primary amides is 1. The molecule has 0 bridgehead atoms. The summed E-state index contributed by atoms with van der Waals surface area (Å²) in [4.78, 5) is 31.0. The highest BCUT2D eigenvalue weighted by Gasteiger charge is 2.37. The van der Waals surface area contributed by atoms with Crippen molar-refractivity contribution in [2.45, 2.75) is 32.3 Å². The van der Waals surface area contributed by atoms with Gasteiger partial charge < -0.3 is 20.1 Å². The fourth-order valence-corrected chi connectivity index (χ4v) is 4.14. The SMILES string of the molecule is CC(C)(C)OC(=O)N1CC(c2c[nH]n3c(C(N)=O)c(-c4ccc(Oc5ccc(F)cc5)cc4)nc23)C1. The summed E-state index contributed by atoms with van der Waals surface area (Å²) in [7, 11) is 0. The Labute approximate surface area is 206 Å². The predicted molar refractivity (Wildman–Crippen MR) is 131 cm³/mol. The van der Waals surface area contributed by atoms with Gasteiger partial charge in [0.15, 0.2) is 11.3 Å². The van der Waals surface area contributed by atoms with Gasteiger partial charge in [-0.3, -0.25) is 9.89 Å². The van der Waals surface area contributed by atoms with E-state index in [1.54, 1.807) is 39.9 Å². The molecule has 1 aliphatic heterocycles. The Morgan fingerprint density at radius 2 is 1.67 bits per heavy atom. The lowest BCUT2D eigenvalue weighted by atomic mass is 9.94. The van der Waals surface area contributed by atoms with E-state index in [4.69, 9.17) is 20.2 Å². The maximum absolute atomic E-state index is 13.1. The molecule has 0 aliphatic carbocycles. The van der Waals surface area contributed by atoms with Crippen LogP contribution in [0.4, 0.5) is 9.18 Å². The highest BCUT2D eigenvalue weighted by molar-refractivity contribution is 5.98. The molecular formula is C26H26FN5O4. The molecule has 36 heavy (non-hydrogen) atoms. The van der Waals surface area contributed by atoms with E-state index in [0.717, 1.165) is 5.56 Å². The number of amides is 2. The molecule has 0 spiro atoms. The van der Waals surface area contributed by atoms with Crippen LogP contribution in [0.3, 0.4) is 0 Å². The Kier molecular flexibility index (Phi) is 5.66. The monoisotopic (exact) mass is 491 g/mol. The van der Waals surface area contributed by atoms with E-state index in [-0.39, 0.29) is 23.5 Å². The number of hydrogen-bond acceptors (Lipinski definition) is 5. The van der Waals surface area contributed by atoms with Gasteiger partial charge in [-0.2, -0.15) is 0 Å². The molecule has 5 rings (SSSR count). The molecular weight excluding hydrogens is 465 g/mol. The molecule has 0 radical (unpaired) electrons. The maximum atomic E-state index is 13.1. The van der Waals surface area contributed by atoms with Gasteiger partial charge in [0.25, 0.3) is 5.91 Å². The van der Waals surface area contributed by atoms with Gasteiger partial charge in [0, 0.05) is 36.3 Å². The number of H-pyrrole nitrogens is 1. The standard InChI is InChI=1S/C26H26FN5O4/c1-26(2,3)36-25(34)31-13-16(14-31)20-12-29-32-22(23(28)33)21(30-24(20)32)15-4-8-18(9-5-15)35-19-10-6-17(27)7-11-19/h4-12,16,29H,13-14H2,1-3H3,(H2,28,33). The van der Waals surface area contributed by atoms with E-state index in [9.17, 15) is 14.0 Å². The number of hydrogen-bond donors (Lipinski definition) is 2. The maximum Gasteiger partial charge on any atom is 0.410 e. The summed E-state index contributed by atoms with van der Waals surface area (Å²) in [6, 6.07) is 12.8. The average molecular weight is 492 g/mol. The number of benzene rings is 2. The molecule has 0 unspecified atom stereocenters. The first kappa shape index (κ1) is 23.4. The second kappa shape index (κ2) is 8.71. The van der Waals surface area contributed by atoms with Gasteiger partial charge in [-0.25, -0.2) is 18.7 Å². The van der Waals surface area contributed by atoms with Crippen LogP contribution in [0, 0.1) is 5.82 Å². The molecule has 9 nitrogen and oxygen atoms in total. The Morgan fingerprint density at radius 1 is 1.06 bits per heavy atom. The Bertz CT molecular complexity index is 1430. The number of nitrogens with two attached hydrogens (primary N) is 1. The molecule has 186 valence electrons. The highest BCUT2D eigenvalue weighted by Crippen LogP contribution is 2.34. The number of rotatable bonds is 5. The molecule has 0 saturated carbocycles. The number of nitrogens with one attached hydrogen (secondary N) is 1. The first-order chi connectivity index (χ1) is 17.1. The number of likely N-dealkylation sites (tertiary alicyclic amines) is 1. The van der Waals surface area contributed by atoms with Gasteiger partial charge in [-0.15, -0.1) is 0 Å². The lowest BCUT2D eigenvalue weighted by Gasteiger charge is -2.39. The second-order valence-electron chi connectivity index (χ2n) is 9.72. The van der Waals surface area contributed by atoms with Crippen LogP contribution in [0.25, 0.3) is 16.9 Å². The lowest BCUT2D eigenvalue weighted by Crippen LogP contribution is -2.50. The fourth-order valence-electron chi connectivity index (χ4n) is 4.14. The minimum atomic E-state index is -0.624. The quantitative estimate of drug-likeness (QED) is 0.420. The van der Waals surface area contributed by atoms with Crippen LogP contribution in [0.2, 0.25) is 0 Å². The van der Waals surface area contributed by atoms with Crippen LogP contribution >= 0.6 is 0 Å². The predicted octanol–water partition coefficient (Wildman–Crippen LogP) is 4.69. The highest BCUT2D eigenvalue weighted by atomic mass is 19.1. The molecule has 2 amide bonds. The summed E-state index contributed by atoms with van der Waals surface area (Å²) in [5.74, 6) is 0.136. The van der Waals surface area contributed by atoms with Crippen LogP contribution in [-0.4, -0.2) is 50.2 Å². The fraction of sp³-hybridized carbons (Fsp3) is 0.269. The molecule has 1 aliphatic rings. The number of halogens is 1. The lowest BCUT2D eigenvalue weighted by molar-refractivity contribution is 0.00827. The molecule has 3 N–H and O–H groups in total. The number of imidazole rings is 1. The van der Waals surface area contributed by atoms with E-state index in [2.05, 4.69) is 5.10 Å². The summed E-state index contributed by atoms with van der Waals surface area (Å²) in [5.41, 5.74) is 7.98. The molecule has 2 aromatic carbocycles. The summed E-state index contributed by atoms with van der Waals surface area (Å²) in [5, 5.41) is 3.07. The average Bonchev–Trinajstić information content (AvgIpc) is 3.33. The number of carbonyl (C=O) groups is 2. The number of ether oxygens (including phenoxy) is 2. The molecule has 1 fully saturated rings. The Morgan fingerprint density at radius 3 is 2.25 bits per heavy atom.